The van der Waals surface area contributed by atoms with E-state index in [1.165, 1.54) is 13.3 Å². The molecule has 0 aromatic carbocycles. The number of likely N-dealkylation sites (N-methyl/N-ethyl adjacent to an activating group) is 1. The third-order valence-corrected chi connectivity index (χ3v) is 4.93. The van der Waals surface area contributed by atoms with Crippen molar-refractivity contribution in [3.05, 3.63) is 0 Å². The third kappa shape index (κ3) is 15.9. The molecule has 6 atom stereocenters. The Morgan fingerprint density at radius 3 is 2.00 bits per heavy atom. The van der Waals surface area contributed by atoms with Crippen molar-refractivity contribution in [2.45, 2.75) is 106 Å². The molecule has 0 saturated carbocycles. The minimum absolute atomic E-state index is 0.217. The molecular weight excluding hydrogens is 413 g/mol. The maximum absolute atomic E-state index is 12.3. The first-order valence-corrected chi connectivity index (χ1v) is 12.2. The molecule has 32 heavy (non-hydrogen) atoms. The number of aliphatic hydroxyl groups is 2. The van der Waals surface area contributed by atoms with E-state index in [0.717, 1.165) is 12.8 Å². The van der Waals surface area contributed by atoms with Crippen LogP contribution >= 0.6 is 0 Å². The van der Waals surface area contributed by atoms with Gasteiger partial charge in [-0.05, 0) is 45.6 Å². The van der Waals surface area contributed by atoms with Gasteiger partial charge in [0, 0.05) is 13.7 Å². The van der Waals surface area contributed by atoms with Crippen LogP contribution in [0.15, 0.2) is 0 Å². The van der Waals surface area contributed by atoms with Gasteiger partial charge in [0.2, 0.25) is 0 Å². The van der Waals surface area contributed by atoms with E-state index in [9.17, 15) is 19.4 Å². The molecule has 198 valence electrons. The number of aliphatic hydroxyl groups excluding tert-OH is 1. The van der Waals surface area contributed by atoms with Crippen molar-refractivity contribution in [2.24, 2.45) is 17.8 Å². The second-order valence-corrected chi connectivity index (χ2v) is 8.12. The van der Waals surface area contributed by atoms with Crippen LogP contribution in [0.1, 0.15) is 88.5 Å². The van der Waals surface area contributed by atoms with E-state index in [2.05, 4.69) is 27.7 Å². The second-order valence-electron chi connectivity index (χ2n) is 8.12. The van der Waals surface area contributed by atoms with E-state index < -0.39 is 23.7 Å². The first-order chi connectivity index (χ1) is 15.0. The summed E-state index contributed by atoms with van der Waals surface area (Å²) >= 11 is 0. The van der Waals surface area contributed by atoms with Gasteiger partial charge in [-0.15, -0.1) is 0 Å². The fraction of sp³-hybridized carbons (Fsp3) is 0.960. The van der Waals surface area contributed by atoms with Gasteiger partial charge in [0.1, 0.15) is 18.4 Å². The summed E-state index contributed by atoms with van der Waals surface area (Å²) in [5.41, 5.74) is -1.52. The molecule has 1 rings (SSSR count). The lowest BCUT2D eigenvalue weighted by Crippen LogP contribution is -2.53. The molecule has 0 radical (unpaired) electrons. The number of cyclic esters (lactones) is 1. The molecule has 2 N–H and O–H groups in total. The third-order valence-electron chi connectivity index (χ3n) is 4.93. The van der Waals surface area contributed by atoms with E-state index in [1.54, 1.807) is 26.0 Å². The number of hydrogen-bond donors (Lipinski definition) is 2. The highest BCUT2D eigenvalue weighted by molar-refractivity contribution is 5.72. The highest BCUT2D eigenvalue weighted by atomic mass is 19.1. The maximum Gasteiger partial charge on any atom is 0.311 e. The standard InChI is InChI=1S/C17H33NO5.C3H8.2C2H6.CH3F/c1-11-7-8-18(5)16(20)17(4,21)10-23-15(19)13(3)14(22-6)12(2)9-11;1-3-2;3*1-2/h11-14,16,20-21H,7-10H2,1-6H3;3H2,1-2H3;2*1-2H3;1H3/t11?,12-,13-,14+,16+,17-;;;;/m1..../s1. The second kappa shape index (κ2) is 23.4. The molecule has 0 aliphatic carbocycles. The average Bonchev–Trinajstić information content (AvgIpc) is 2.79. The number of nitrogens with zero attached hydrogens (tertiary/aromatic N) is 1. The summed E-state index contributed by atoms with van der Waals surface area (Å²) in [5, 5.41) is 20.7. The topological polar surface area (TPSA) is 79.2 Å². The predicted molar refractivity (Wildman–Crippen MR) is 133 cm³/mol. The Bertz CT molecular complexity index is 410. The highest BCUT2D eigenvalue weighted by Gasteiger charge is 2.37. The maximum atomic E-state index is 12.3. The first-order valence-electron chi connectivity index (χ1n) is 12.2. The van der Waals surface area contributed by atoms with Crippen molar-refractivity contribution in [1.82, 2.24) is 4.90 Å². The molecule has 0 bridgehead atoms. The molecule has 1 heterocycles. The van der Waals surface area contributed by atoms with E-state index in [4.69, 9.17) is 9.47 Å². The van der Waals surface area contributed by atoms with Gasteiger partial charge in [0.25, 0.3) is 0 Å². The number of rotatable bonds is 1. The van der Waals surface area contributed by atoms with Crippen LogP contribution in [0.5, 0.6) is 0 Å². The van der Waals surface area contributed by atoms with E-state index in [0.29, 0.717) is 19.6 Å². The Labute approximate surface area is 198 Å². The van der Waals surface area contributed by atoms with Crippen LogP contribution in [-0.4, -0.2) is 73.5 Å². The van der Waals surface area contributed by atoms with Gasteiger partial charge in [0.15, 0.2) is 0 Å². The van der Waals surface area contributed by atoms with Crippen molar-refractivity contribution in [3.8, 4) is 0 Å². The van der Waals surface area contributed by atoms with Crippen LogP contribution < -0.4 is 0 Å². The number of alkyl halides is 1. The SMILES string of the molecule is CC.CC.CCC.CF.CO[C@H]1[C@H](C)CC(C)CCN(C)[C@@H](O)[C@](C)(O)COC(=O)[C@@H]1C. The molecule has 0 spiro atoms. The summed E-state index contributed by atoms with van der Waals surface area (Å²) in [6.45, 7) is 20.2. The van der Waals surface area contributed by atoms with Crippen molar-refractivity contribution in [2.75, 3.05) is 34.5 Å². The lowest BCUT2D eigenvalue weighted by Gasteiger charge is -2.35. The number of methoxy groups -OCH3 is 1. The molecule has 7 heteroatoms. The molecule has 0 aromatic heterocycles. The Morgan fingerprint density at radius 2 is 1.59 bits per heavy atom. The molecule has 1 aliphatic heterocycles. The Kier molecular flexibility index (Phi) is 28.2. The summed E-state index contributed by atoms with van der Waals surface area (Å²) in [5.74, 6) is -0.195. The largest absolute Gasteiger partial charge is 0.462 e. The van der Waals surface area contributed by atoms with Crippen LogP contribution in [-0.2, 0) is 14.3 Å². The summed E-state index contributed by atoms with van der Waals surface area (Å²) in [7, 11) is 3.87. The summed E-state index contributed by atoms with van der Waals surface area (Å²) in [6, 6.07) is 0. The van der Waals surface area contributed by atoms with Crippen molar-refractivity contribution in [3.63, 3.8) is 0 Å². The number of esters is 1. The molecular formula is C25H56FNO5. The highest BCUT2D eigenvalue weighted by Crippen LogP contribution is 2.27. The molecule has 6 nitrogen and oxygen atoms in total. The number of halogens is 1. The zero-order chi connectivity index (χ0) is 26.5. The van der Waals surface area contributed by atoms with Crippen molar-refractivity contribution < 1.29 is 28.9 Å². The lowest BCUT2D eigenvalue weighted by molar-refractivity contribution is -0.181. The minimum Gasteiger partial charge on any atom is -0.462 e. The molecule has 1 aliphatic rings. The molecule has 1 saturated heterocycles. The monoisotopic (exact) mass is 469 g/mol. The van der Waals surface area contributed by atoms with E-state index in [-0.39, 0.29) is 18.6 Å². The van der Waals surface area contributed by atoms with Gasteiger partial charge >= 0.3 is 5.97 Å². The van der Waals surface area contributed by atoms with Gasteiger partial charge < -0.3 is 19.7 Å². The molecule has 1 unspecified atom stereocenters. The normalized spacial score (nSPS) is 31.5. The number of hydrogen-bond acceptors (Lipinski definition) is 6. The summed E-state index contributed by atoms with van der Waals surface area (Å²) < 4.78 is 20.3. The van der Waals surface area contributed by atoms with E-state index >= 15 is 0 Å². The van der Waals surface area contributed by atoms with Crippen LogP contribution in [0.4, 0.5) is 4.39 Å². The smallest absolute Gasteiger partial charge is 0.311 e. The van der Waals surface area contributed by atoms with Crippen molar-refractivity contribution >= 4 is 5.97 Å². The van der Waals surface area contributed by atoms with Gasteiger partial charge in [0.05, 0.1) is 19.2 Å². The number of carbonyl (C=O) groups excluding carboxylic acids is 1. The fourth-order valence-corrected chi connectivity index (χ4v) is 3.39. The average molecular weight is 470 g/mol. The van der Waals surface area contributed by atoms with Crippen LogP contribution in [0.2, 0.25) is 0 Å². The predicted octanol–water partition coefficient (Wildman–Crippen LogP) is 5.30. The quantitative estimate of drug-likeness (QED) is 0.507. The Morgan fingerprint density at radius 1 is 1.16 bits per heavy atom. The van der Waals surface area contributed by atoms with Crippen LogP contribution in [0.3, 0.4) is 0 Å². The summed E-state index contributed by atoms with van der Waals surface area (Å²) in [4.78, 5) is 14.0. The number of carbonyl (C=O) groups is 1. The lowest BCUT2D eigenvalue weighted by atomic mass is 9.85. The van der Waals surface area contributed by atoms with Crippen molar-refractivity contribution in [1.29, 1.82) is 0 Å². The Balaban J connectivity index is -0.000000381. The zero-order valence-corrected chi connectivity index (χ0v) is 23.4. The van der Waals surface area contributed by atoms with Gasteiger partial charge in [-0.3, -0.25) is 14.1 Å². The minimum atomic E-state index is -1.52. The molecule has 1 fully saturated rings. The van der Waals surface area contributed by atoms with Gasteiger partial charge in [-0.25, -0.2) is 0 Å². The number of ether oxygens (including phenoxy) is 2. The summed E-state index contributed by atoms with van der Waals surface area (Å²) in [6.07, 6.45) is 1.76. The van der Waals surface area contributed by atoms with Crippen LogP contribution in [0, 0.1) is 17.8 Å². The van der Waals surface area contributed by atoms with E-state index in [1.807, 2.05) is 27.7 Å². The van der Waals surface area contributed by atoms with Gasteiger partial charge in [-0.1, -0.05) is 61.8 Å². The van der Waals surface area contributed by atoms with Gasteiger partial charge in [-0.2, -0.15) is 0 Å². The zero-order valence-electron chi connectivity index (χ0n) is 23.4. The first kappa shape index (κ1) is 38.5. The Hall–Kier alpha value is -0.760. The van der Waals surface area contributed by atoms with Crippen LogP contribution in [0.25, 0.3) is 0 Å². The molecule has 0 amide bonds. The molecule has 0 aromatic rings. The fourth-order valence-electron chi connectivity index (χ4n) is 3.39.